The first kappa shape index (κ1) is 18.8. The van der Waals surface area contributed by atoms with Crippen molar-refractivity contribution in [3.63, 3.8) is 0 Å². The van der Waals surface area contributed by atoms with E-state index in [-0.39, 0.29) is 21.4 Å². The maximum Gasteiger partial charge on any atom is 0.338 e. The summed E-state index contributed by atoms with van der Waals surface area (Å²) in [6.07, 6.45) is 2.94. The van der Waals surface area contributed by atoms with Crippen LogP contribution in [0.1, 0.15) is 21.9 Å². The molecule has 0 saturated carbocycles. The Kier molecular flexibility index (Phi) is 5.10. The highest BCUT2D eigenvalue weighted by atomic mass is 32.2. The highest BCUT2D eigenvalue weighted by Crippen LogP contribution is 2.28. The number of benzene rings is 1. The maximum atomic E-state index is 12.5. The molecule has 1 N–H and O–H groups in total. The maximum absolute atomic E-state index is 12.5. The van der Waals surface area contributed by atoms with Crippen molar-refractivity contribution in [2.45, 2.75) is 18.1 Å². The summed E-state index contributed by atoms with van der Waals surface area (Å²) in [5.41, 5.74) is 1.46. The molecule has 0 atom stereocenters. The minimum absolute atomic E-state index is 0.00749. The fourth-order valence-corrected chi connectivity index (χ4v) is 4.55. The van der Waals surface area contributed by atoms with Crippen molar-refractivity contribution in [3.05, 3.63) is 68.4 Å². The number of nitrogens with zero attached hydrogens (tertiary/aromatic N) is 2. The van der Waals surface area contributed by atoms with Gasteiger partial charge in [0.05, 0.1) is 4.92 Å². The van der Waals surface area contributed by atoms with Crippen molar-refractivity contribution in [2.75, 3.05) is 4.72 Å². The van der Waals surface area contributed by atoms with Crippen LogP contribution < -0.4 is 4.72 Å². The average Bonchev–Trinajstić information content (AvgIpc) is 3.22. The van der Waals surface area contributed by atoms with Crippen LogP contribution in [0.2, 0.25) is 0 Å². The van der Waals surface area contributed by atoms with Gasteiger partial charge in [0, 0.05) is 10.6 Å². The van der Waals surface area contributed by atoms with Crippen molar-refractivity contribution in [1.29, 1.82) is 0 Å². The second-order valence-corrected chi connectivity index (χ2v) is 8.72. The second-order valence-electron chi connectivity index (χ2n) is 5.70. The zero-order valence-electron chi connectivity index (χ0n) is 14.4. The molecule has 3 aromatic rings. The first-order chi connectivity index (χ1) is 12.8. The molecule has 140 valence electrons. The average molecular weight is 405 g/mol. The number of hydrogen-bond donors (Lipinski definition) is 1. The van der Waals surface area contributed by atoms with Gasteiger partial charge in [-0.3, -0.25) is 14.8 Å². The van der Waals surface area contributed by atoms with Gasteiger partial charge in [0.25, 0.3) is 10.0 Å². The van der Waals surface area contributed by atoms with Gasteiger partial charge in [-0.2, -0.15) is 0 Å². The predicted molar refractivity (Wildman–Crippen MR) is 103 cm³/mol. The summed E-state index contributed by atoms with van der Waals surface area (Å²) in [5.74, 6) is 0.00749. The van der Waals surface area contributed by atoms with Gasteiger partial charge in [-0.25, -0.2) is 8.42 Å². The van der Waals surface area contributed by atoms with E-state index in [1.54, 1.807) is 24.3 Å². The Bertz CT molecular complexity index is 1110. The monoisotopic (exact) mass is 405 g/mol. The Hall–Kier alpha value is -2.98. The highest BCUT2D eigenvalue weighted by Gasteiger charge is 2.22. The second kappa shape index (κ2) is 7.33. The Morgan fingerprint density at radius 3 is 2.52 bits per heavy atom. The number of hydrogen-bond acceptors (Lipinski definition) is 7. The van der Waals surface area contributed by atoms with Gasteiger partial charge in [0.1, 0.15) is 4.21 Å². The molecular formula is C17H15N3O5S2. The molecule has 10 heteroatoms. The molecule has 27 heavy (non-hydrogen) atoms. The normalized spacial score (nSPS) is 11.8. The summed E-state index contributed by atoms with van der Waals surface area (Å²) < 4.78 is 32.5. The van der Waals surface area contributed by atoms with Gasteiger partial charge in [-0.1, -0.05) is 22.9 Å². The van der Waals surface area contributed by atoms with Gasteiger partial charge < -0.3 is 4.52 Å². The quantitative estimate of drug-likeness (QED) is 0.485. The number of nitro groups is 1. The Balaban J connectivity index is 1.80. The molecule has 2 aromatic heterocycles. The van der Waals surface area contributed by atoms with E-state index in [1.165, 1.54) is 19.1 Å². The molecule has 0 aliphatic rings. The van der Waals surface area contributed by atoms with E-state index >= 15 is 0 Å². The van der Waals surface area contributed by atoms with E-state index in [9.17, 15) is 18.5 Å². The summed E-state index contributed by atoms with van der Waals surface area (Å²) in [6.45, 7) is 3.39. The van der Waals surface area contributed by atoms with Crippen molar-refractivity contribution >= 4 is 44.9 Å². The fraction of sp³-hybridized carbons (Fsp3) is 0.118. The van der Waals surface area contributed by atoms with Crippen LogP contribution in [0.4, 0.5) is 11.4 Å². The third-order valence-electron chi connectivity index (χ3n) is 3.61. The largest absolute Gasteiger partial charge is 0.349 e. The number of sulfonamides is 1. The molecule has 0 bridgehead atoms. The first-order valence-electron chi connectivity index (χ1n) is 7.74. The summed E-state index contributed by atoms with van der Waals surface area (Å²) >= 11 is 1.03. The number of rotatable bonds is 6. The third-order valence-corrected chi connectivity index (χ3v) is 6.53. The van der Waals surface area contributed by atoms with Gasteiger partial charge >= 0.3 is 5.69 Å². The van der Waals surface area contributed by atoms with Crippen LogP contribution >= 0.6 is 11.3 Å². The summed E-state index contributed by atoms with van der Waals surface area (Å²) in [6, 6.07) is 10.1. The zero-order chi connectivity index (χ0) is 19.6. The summed E-state index contributed by atoms with van der Waals surface area (Å²) in [5, 5.41) is 14.6. The van der Waals surface area contributed by atoms with E-state index in [0.717, 1.165) is 16.9 Å². The molecule has 0 fully saturated rings. The molecule has 0 unspecified atom stereocenters. The van der Waals surface area contributed by atoms with Crippen LogP contribution in [0.3, 0.4) is 0 Å². The molecule has 0 spiro atoms. The van der Waals surface area contributed by atoms with E-state index in [1.807, 2.05) is 19.1 Å². The number of nitrogens with one attached hydrogen (secondary N) is 1. The Morgan fingerprint density at radius 1 is 1.15 bits per heavy atom. The van der Waals surface area contributed by atoms with Crippen LogP contribution in [0, 0.1) is 24.0 Å². The van der Waals surface area contributed by atoms with E-state index in [2.05, 4.69) is 9.88 Å². The van der Waals surface area contributed by atoms with E-state index in [0.29, 0.717) is 10.6 Å². The van der Waals surface area contributed by atoms with Crippen LogP contribution in [0.15, 0.2) is 45.1 Å². The number of thiophene rings is 1. The Labute approximate surface area is 159 Å². The van der Waals surface area contributed by atoms with Crippen LogP contribution in [0.5, 0.6) is 0 Å². The van der Waals surface area contributed by atoms with Crippen LogP contribution in [-0.2, 0) is 10.0 Å². The van der Waals surface area contributed by atoms with Gasteiger partial charge in [-0.05, 0) is 50.3 Å². The molecule has 1 aromatic carbocycles. The standard InChI is InChI=1S/C17H15N3O5S2/c1-11-3-5-13(6-4-11)19-27(23,24)16-10-8-14(26-16)7-9-15-17(20(21)22)12(2)18-25-15/h3-10,19H,1-2H3/b9-7+. The van der Waals surface area contributed by atoms with E-state index in [4.69, 9.17) is 4.52 Å². The predicted octanol–water partition coefficient (Wildman–Crippen LogP) is 4.23. The lowest BCUT2D eigenvalue weighted by molar-refractivity contribution is -0.386. The molecule has 3 rings (SSSR count). The minimum Gasteiger partial charge on any atom is -0.349 e. The number of aromatic nitrogens is 1. The fourth-order valence-electron chi connectivity index (χ4n) is 2.27. The molecule has 0 aliphatic carbocycles. The smallest absolute Gasteiger partial charge is 0.338 e. The molecule has 0 saturated heterocycles. The lowest BCUT2D eigenvalue weighted by Crippen LogP contribution is -2.11. The Morgan fingerprint density at radius 2 is 1.85 bits per heavy atom. The molecule has 0 radical (unpaired) electrons. The summed E-state index contributed by atoms with van der Waals surface area (Å²) in [4.78, 5) is 11.1. The SMILES string of the molecule is Cc1ccc(NS(=O)(=O)c2ccc(/C=C/c3onc(C)c3[N+](=O)[O-])s2)cc1. The van der Waals surface area contributed by atoms with Gasteiger partial charge in [0.15, 0.2) is 5.69 Å². The molecule has 8 nitrogen and oxygen atoms in total. The van der Waals surface area contributed by atoms with Crippen molar-refractivity contribution in [2.24, 2.45) is 0 Å². The highest BCUT2D eigenvalue weighted by molar-refractivity contribution is 7.94. The van der Waals surface area contributed by atoms with Crippen LogP contribution in [0.25, 0.3) is 12.2 Å². The van der Waals surface area contributed by atoms with Gasteiger partial charge in [0.2, 0.25) is 5.76 Å². The first-order valence-corrected chi connectivity index (χ1v) is 10.0. The van der Waals surface area contributed by atoms with Crippen molar-refractivity contribution in [1.82, 2.24) is 5.16 Å². The lowest BCUT2D eigenvalue weighted by atomic mass is 10.2. The van der Waals surface area contributed by atoms with Gasteiger partial charge in [-0.15, -0.1) is 11.3 Å². The van der Waals surface area contributed by atoms with Crippen LogP contribution in [-0.4, -0.2) is 18.5 Å². The molecule has 2 heterocycles. The molecular weight excluding hydrogens is 390 g/mol. The van der Waals surface area contributed by atoms with Crippen molar-refractivity contribution in [3.8, 4) is 0 Å². The lowest BCUT2D eigenvalue weighted by Gasteiger charge is -2.06. The molecule has 0 amide bonds. The zero-order valence-corrected chi connectivity index (χ0v) is 16.0. The summed E-state index contributed by atoms with van der Waals surface area (Å²) in [7, 11) is -3.72. The third kappa shape index (κ3) is 4.23. The number of aryl methyl sites for hydroxylation is 2. The number of anilines is 1. The van der Waals surface area contributed by atoms with E-state index < -0.39 is 14.9 Å². The minimum atomic E-state index is -3.72. The topological polar surface area (TPSA) is 115 Å². The molecule has 0 aliphatic heterocycles. The van der Waals surface area contributed by atoms with Crippen molar-refractivity contribution < 1.29 is 17.9 Å².